The monoisotopic (exact) mass is 682 g/mol. The lowest BCUT2D eigenvalue weighted by Gasteiger charge is -2.43. The highest BCUT2D eigenvalue weighted by molar-refractivity contribution is 6.93. The van der Waals surface area contributed by atoms with Crippen molar-refractivity contribution in [3.05, 3.63) is 156 Å². The predicted octanol–water partition coefficient (Wildman–Crippen LogP) is 10.6. The van der Waals surface area contributed by atoms with Gasteiger partial charge in [-0.15, -0.1) is 0 Å². The molecule has 0 bridgehead atoms. The molecule has 3 nitrogen and oxygen atoms in total. The molecule has 0 saturated heterocycles. The molecule has 254 valence electrons. The van der Waals surface area contributed by atoms with Crippen LogP contribution in [-0.2, 0) is 10.8 Å². The van der Waals surface area contributed by atoms with Crippen molar-refractivity contribution < 1.29 is 4.74 Å². The maximum absolute atomic E-state index is 7.14. The largest absolute Gasteiger partial charge is 0.484 e. The predicted molar refractivity (Wildman–Crippen MR) is 222 cm³/mol. The summed E-state index contributed by atoms with van der Waals surface area (Å²) in [6, 6.07) is 41.6. The molecular weight excluding hydrogens is 643 g/mol. The summed E-state index contributed by atoms with van der Waals surface area (Å²) >= 11 is 0. The minimum Gasteiger partial charge on any atom is -0.484 e. The summed E-state index contributed by atoms with van der Waals surface area (Å²) in [6.07, 6.45) is 8.90. The Morgan fingerprint density at radius 1 is 0.717 bits per heavy atom. The molecule has 7 aromatic rings. The number of aromatic nitrogens is 1. The van der Waals surface area contributed by atoms with Crippen molar-refractivity contribution in [1.29, 1.82) is 0 Å². The lowest BCUT2D eigenvalue weighted by molar-refractivity contribution is 0.270. The van der Waals surface area contributed by atoms with E-state index in [1.807, 2.05) is 0 Å². The average molecular weight is 683 g/mol. The third kappa shape index (κ3) is 3.62. The van der Waals surface area contributed by atoms with Crippen LogP contribution in [0.3, 0.4) is 0 Å². The number of anilines is 2. The Balaban J connectivity index is 1.27. The van der Waals surface area contributed by atoms with Gasteiger partial charge in [0.2, 0.25) is 0 Å². The van der Waals surface area contributed by atoms with E-state index in [9.17, 15) is 0 Å². The first kappa shape index (κ1) is 29.8. The van der Waals surface area contributed by atoms with Crippen molar-refractivity contribution in [3.63, 3.8) is 0 Å². The number of hydrogen-bond donors (Lipinski definition) is 0. The Kier molecular flexibility index (Phi) is 5.52. The van der Waals surface area contributed by atoms with Crippen molar-refractivity contribution in [2.45, 2.75) is 57.5 Å². The van der Waals surface area contributed by atoms with Crippen LogP contribution in [-0.4, -0.2) is 17.5 Å². The SMILES string of the molecule is CC(C)(C)c1ccc(N2B3c4c(cc5c(c4-c4c2ccc2ccccc42)OC2C=CC=CC52)-n2c4c(c5cccc3c52)-c2ccccc2C4(C)C)cc1. The van der Waals surface area contributed by atoms with E-state index < -0.39 is 0 Å². The van der Waals surface area contributed by atoms with Crippen molar-refractivity contribution in [3.8, 4) is 33.7 Å². The molecule has 5 aliphatic rings. The zero-order valence-corrected chi connectivity index (χ0v) is 30.7. The minimum absolute atomic E-state index is 0.0200. The highest BCUT2D eigenvalue weighted by Gasteiger charge is 2.51. The minimum atomic E-state index is -0.185. The van der Waals surface area contributed by atoms with Crippen LogP contribution in [0.2, 0.25) is 0 Å². The maximum Gasteiger partial charge on any atom is 0.333 e. The number of benzene rings is 6. The van der Waals surface area contributed by atoms with E-state index in [0.717, 1.165) is 5.75 Å². The summed E-state index contributed by atoms with van der Waals surface area (Å²) in [5.74, 6) is 1.21. The number of allylic oxidation sites excluding steroid dienone is 2. The van der Waals surface area contributed by atoms with Crippen molar-refractivity contribution in [1.82, 2.24) is 4.57 Å². The van der Waals surface area contributed by atoms with Gasteiger partial charge in [0.1, 0.15) is 11.9 Å². The number of para-hydroxylation sites is 1. The summed E-state index contributed by atoms with van der Waals surface area (Å²) < 4.78 is 9.83. The molecule has 0 fully saturated rings. The molecule has 0 radical (unpaired) electrons. The molecular formula is C49H39BN2O. The lowest BCUT2D eigenvalue weighted by Crippen LogP contribution is -2.61. The highest BCUT2D eigenvalue weighted by Crippen LogP contribution is 2.58. The molecule has 6 aromatic carbocycles. The van der Waals surface area contributed by atoms with Gasteiger partial charge in [-0.1, -0.05) is 138 Å². The van der Waals surface area contributed by atoms with Crippen LogP contribution in [0.25, 0.3) is 49.6 Å². The molecule has 12 rings (SSSR count). The molecule has 0 amide bonds. The molecule has 2 atom stereocenters. The number of ether oxygens (including phenoxy) is 1. The quantitative estimate of drug-likeness (QED) is 0.160. The van der Waals surface area contributed by atoms with Crippen LogP contribution in [0, 0.1) is 0 Å². The van der Waals surface area contributed by atoms with E-state index in [0.29, 0.717) is 0 Å². The average Bonchev–Trinajstić information content (AvgIpc) is 3.80. The van der Waals surface area contributed by atoms with E-state index in [1.165, 1.54) is 94.3 Å². The van der Waals surface area contributed by atoms with Gasteiger partial charge < -0.3 is 14.1 Å². The van der Waals surface area contributed by atoms with Gasteiger partial charge in [0, 0.05) is 61.7 Å². The standard InChI is InChI=1S/C49H39BN2O/c1-48(2,3)29-22-24-30(25-23-29)52-38-26-21-28-13-6-7-14-31(28)42(38)43-44-39(27-35-32-15-9-11-20-40(32)53-46(35)43)51-45-34(17-12-19-37(45)50(44)52)41-33-16-8-10-18-36(33)49(4,5)47(41)51/h6-27,32,40H,1-5H3. The first-order chi connectivity index (χ1) is 25.7. The second-order valence-corrected chi connectivity index (χ2v) is 17.2. The van der Waals surface area contributed by atoms with Gasteiger partial charge in [0.05, 0.1) is 5.52 Å². The lowest BCUT2D eigenvalue weighted by atomic mass is 9.43. The molecule has 53 heavy (non-hydrogen) atoms. The van der Waals surface area contributed by atoms with Crippen LogP contribution in [0.4, 0.5) is 11.4 Å². The highest BCUT2D eigenvalue weighted by atomic mass is 16.5. The fourth-order valence-corrected chi connectivity index (χ4v) is 10.6. The van der Waals surface area contributed by atoms with E-state index in [1.54, 1.807) is 0 Å². The number of rotatable bonds is 1. The Morgan fingerprint density at radius 3 is 2.34 bits per heavy atom. The number of nitrogens with zero attached hydrogens (tertiary/aromatic N) is 2. The Bertz CT molecular complexity index is 2850. The zero-order valence-electron chi connectivity index (χ0n) is 30.7. The molecule has 3 aliphatic heterocycles. The summed E-state index contributed by atoms with van der Waals surface area (Å²) in [4.78, 5) is 2.64. The second kappa shape index (κ2) is 9.82. The van der Waals surface area contributed by atoms with Crippen LogP contribution in [0.1, 0.15) is 62.9 Å². The fraction of sp³-hybridized carbons (Fsp3) is 0.184. The van der Waals surface area contributed by atoms with Gasteiger partial charge in [-0.25, -0.2) is 0 Å². The van der Waals surface area contributed by atoms with Crippen LogP contribution in [0.15, 0.2) is 133 Å². The summed E-state index contributed by atoms with van der Waals surface area (Å²) in [5.41, 5.74) is 18.3. The zero-order chi connectivity index (χ0) is 35.5. The smallest absolute Gasteiger partial charge is 0.333 e. The van der Waals surface area contributed by atoms with E-state index >= 15 is 0 Å². The third-order valence-corrected chi connectivity index (χ3v) is 13.0. The first-order valence-corrected chi connectivity index (χ1v) is 19.1. The third-order valence-electron chi connectivity index (χ3n) is 13.0. The fourth-order valence-electron chi connectivity index (χ4n) is 10.6. The van der Waals surface area contributed by atoms with Crippen LogP contribution < -0.4 is 20.5 Å². The Labute approximate surface area is 310 Å². The maximum atomic E-state index is 7.14. The summed E-state index contributed by atoms with van der Waals surface area (Å²) in [5, 5.41) is 3.84. The summed E-state index contributed by atoms with van der Waals surface area (Å²) in [6.45, 7) is 11.7. The Hall–Kier alpha value is -5.74. The normalized spacial score (nSPS) is 19.1. The molecule has 1 aromatic heterocycles. The second-order valence-electron chi connectivity index (χ2n) is 17.2. The molecule has 2 unspecified atom stereocenters. The molecule has 0 spiro atoms. The summed E-state index contributed by atoms with van der Waals surface area (Å²) in [7, 11) is 0. The topological polar surface area (TPSA) is 17.4 Å². The van der Waals surface area contributed by atoms with Crippen LogP contribution >= 0.6 is 0 Å². The Morgan fingerprint density at radius 2 is 1.49 bits per heavy atom. The van der Waals surface area contributed by atoms with Crippen molar-refractivity contribution in [2.75, 3.05) is 4.81 Å². The molecule has 2 aliphatic carbocycles. The van der Waals surface area contributed by atoms with Crippen molar-refractivity contribution in [2.24, 2.45) is 0 Å². The van der Waals surface area contributed by atoms with E-state index in [2.05, 4.69) is 177 Å². The van der Waals surface area contributed by atoms with Gasteiger partial charge in [0.25, 0.3) is 0 Å². The molecule has 0 saturated carbocycles. The first-order valence-electron chi connectivity index (χ1n) is 19.1. The van der Waals surface area contributed by atoms with Gasteiger partial charge >= 0.3 is 6.85 Å². The van der Waals surface area contributed by atoms with Gasteiger partial charge in [-0.3, -0.25) is 0 Å². The van der Waals surface area contributed by atoms with Gasteiger partial charge in [-0.05, 0) is 74.1 Å². The van der Waals surface area contributed by atoms with Crippen LogP contribution in [0.5, 0.6) is 5.75 Å². The van der Waals surface area contributed by atoms with Crippen molar-refractivity contribution >= 4 is 50.8 Å². The van der Waals surface area contributed by atoms with E-state index in [-0.39, 0.29) is 29.7 Å². The number of fused-ring (bicyclic) bond motifs is 15. The molecule has 4 heteroatoms. The van der Waals surface area contributed by atoms with Gasteiger partial charge in [-0.2, -0.15) is 0 Å². The molecule has 4 heterocycles. The van der Waals surface area contributed by atoms with Gasteiger partial charge in [0.15, 0.2) is 0 Å². The van der Waals surface area contributed by atoms with E-state index in [4.69, 9.17) is 4.74 Å². The number of hydrogen-bond acceptors (Lipinski definition) is 2. The molecule has 0 N–H and O–H groups in total.